The molecule has 29 heavy (non-hydrogen) atoms. The zero-order valence-corrected chi connectivity index (χ0v) is 15.7. The number of nitriles is 2. The van der Waals surface area contributed by atoms with Gasteiger partial charge in [0, 0.05) is 11.8 Å². The molecule has 5 nitrogen and oxygen atoms in total. The van der Waals surface area contributed by atoms with E-state index in [9.17, 15) is 5.26 Å². The second-order valence-electron chi connectivity index (χ2n) is 6.49. The van der Waals surface area contributed by atoms with Crippen molar-refractivity contribution in [3.63, 3.8) is 0 Å². The topological polar surface area (TPSA) is 78.5 Å². The molecule has 0 radical (unpaired) electrons. The van der Waals surface area contributed by atoms with Gasteiger partial charge in [-0.2, -0.15) is 15.6 Å². The van der Waals surface area contributed by atoms with E-state index in [1.807, 2.05) is 61.7 Å². The van der Waals surface area contributed by atoms with Crippen LogP contribution in [-0.2, 0) is 0 Å². The Bertz CT molecular complexity index is 1280. The van der Waals surface area contributed by atoms with Gasteiger partial charge in [-0.15, -0.1) is 0 Å². The van der Waals surface area contributed by atoms with Gasteiger partial charge in [0.05, 0.1) is 29.0 Å². The SMILES string of the molecule is Cc1ccc(-c2nn(-c3ccccc3)cc2/C=C(\C#N)c2cccc(C#N)c2)o1. The fraction of sp³-hybridized carbons (Fsp3) is 0.0417. The van der Waals surface area contributed by atoms with E-state index in [2.05, 4.69) is 12.1 Å². The minimum Gasteiger partial charge on any atom is -0.460 e. The van der Waals surface area contributed by atoms with Crippen LogP contribution in [0.5, 0.6) is 0 Å². The van der Waals surface area contributed by atoms with Crippen molar-refractivity contribution < 1.29 is 4.42 Å². The summed E-state index contributed by atoms with van der Waals surface area (Å²) >= 11 is 0. The van der Waals surface area contributed by atoms with Gasteiger partial charge in [0.15, 0.2) is 5.76 Å². The Morgan fingerprint density at radius 1 is 1.03 bits per heavy atom. The molecule has 2 aromatic carbocycles. The number of hydrogen-bond acceptors (Lipinski definition) is 4. The first-order chi connectivity index (χ1) is 14.2. The van der Waals surface area contributed by atoms with Crippen LogP contribution >= 0.6 is 0 Å². The molecular weight excluding hydrogens is 360 g/mol. The number of allylic oxidation sites excluding steroid dienone is 1. The van der Waals surface area contributed by atoms with Gasteiger partial charge < -0.3 is 4.42 Å². The summed E-state index contributed by atoms with van der Waals surface area (Å²) in [6, 6.07) is 24.8. The van der Waals surface area contributed by atoms with Gasteiger partial charge in [0.2, 0.25) is 0 Å². The third-order valence-corrected chi connectivity index (χ3v) is 4.46. The second kappa shape index (κ2) is 7.72. The Morgan fingerprint density at radius 3 is 2.55 bits per heavy atom. The summed E-state index contributed by atoms with van der Waals surface area (Å²) in [6.45, 7) is 1.88. The van der Waals surface area contributed by atoms with Crippen molar-refractivity contribution in [1.29, 1.82) is 10.5 Å². The molecule has 0 aliphatic carbocycles. The minimum absolute atomic E-state index is 0.444. The number of hydrogen-bond donors (Lipinski definition) is 0. The van der Waals surface area contributed by atoms with Gasteiger partial charge in [0.25, 0.3) is 0 Å². The lowest BCUT2D eigenvalue weighted by Gasteiger charge is -2.00. The lowest BCUT2D eigenvalue weighted by molar-refractivity contribution is 0.545. The third kappa shape index (κ3) is 3.71. The number of furan rings is 1. The average molecular weight is 376 g/mol. The van der Waals surface area contributed by atoms with Crippen LogP contribution in [0.4, 0.5) is 0 Å². The Labute approximate surface area is 168 Å². The summed E-state index contributed by atoms with van der Waals surface area (Å²) in [7, 11) is 0. The molecule has 0 aliphatic heterocycles. The van der Waals surface area contributed by atoms with Gasteiger partial charge in [0.1, 0.15) is 11.5 Å². The number of rotatable bonds is 4. The monoisotopic (exact) mass is 376 g/mol. The molecule has 0 fully saturated rings. The minimum atomic E-state index is 0.444. The van der Waals surface area contributed by atoms with Crippen LogP contribution in [-0.4, -0.2) is 9.78 Å². The lowest BCUT2D eigenvalue weighted by atomic mass is 10.0. The molecule has 0 spiro atoms. The maximum Gasteiger partial charge on any atom is 0.155 e. The first-order valence-corrected chi connectivity index (χ1v) is 9.02. The van der Waals surface area contributed by atoms with Gasteiger partial charge >= 0.3 is 0 Å². The highest BCUT2D eigenvalue weighted by molar-refractivity contribution is 5.92. The second-order valence-corrected chi connectivity index (χ2v) is 6.49. The fourth-order valence-electron chi connectivity index (χ4n) is 3.05. The van der Waals surface area contributed by atoms with E-state index in [4.69, 9.17) is 14.8 Å². The molecule has 0 N–H and O–H groups in total. The Kier molecular flexibility index (Phi) is 4.80. The summed E-state index contributed by atoms with van der Waals surface area (Å²) in [5, 5.41) is 23.6. The van der Waals surface area contributed by atoms with Crippen LogP contribution in [0.1, 0.15) is 22.5 Å². The van der Waals surface area contributed by atoms with Crippen LogP contribution in [0.25, 0.3) is 28.8 Å². The molecule has 4 aromatic rings. The summed E-state index contributed by atoms with van der Waals surface area (Å²) in [6.07, 6.45) is 3.64. The standard InChI is InChI=1S/C24H16N4O/c1-17-10-11-23(29-17)24-21(16-28(27-24)22-8-3-2-4-9-22)13-20(15-26)19-7-5-6-18(12-19)14-25/h2-13,16H,1H3/b20-13+. The molecule has 4 rings (SSSR count). The zero-order valence-electron chi connectivity index (χ0n) is 15.7. The van der Waals surface area contributed by atoms with E-state index in [1.54, 1.807) is 29.0 Å². The van der Waals surface area contributed by atoms with Crippen LogP contribution in [0.2, 0.25) is 0 Å². The van der Waals surface area contributed by atoms with Crippen LogP contribution in [0, 0.1) is 29.6 Å². The van der Waals surface area contributed by atoms with Crippen LogP contribution < -0.4 is 0 Å². The summed E-state index contributed by atoms with van der Waals surface area (Å²) in [5.41, 5.74) is 3.93. The Hall–Kier alpha value is -4.35. The van der Waals surface area contributed by atoms with Crippen molar-refractivity contribution in [2.75, 3.05) is 0 Å². The van der Waals surface area contributed by atoms with E-state index in [0.717, 1.165) is 17.0 Å². The normalized spacial score (nSPS) is 11.1. The van der Waals surface area contributed by atoms with Crippen molar-refractivity contribution in [3.05, 3.63) is 95.4 Å². The predicted octanol–water partition coefficient (Wildman–Crippen LogP) is 5.38. The summed E-state index contributed by atoms with van der Waals surface area (Å²) in [5.74, 6) is 1.41. The number of benzene rings is 2. The molecule has 0 bridgehead atoms. The molecule has 5 heteroatoms. The number of nitrogens with zero attached hydrogens (tertiary/aromatic N) is 4. The molecule has 2 heterocycles. The van der Waals surface area contributed by atoms with E-state index >= 15 is 0 Å². The van der Waals surface area contributed by atoms with E-state index in [1.165, 1.54) is 0 Å². The number of aromatic nitrogens is 2. The molecule has 2 aromatic heterocycles. The molecule has 0 amide bonds. The molecule has 0 saturated carbocycles. The Morgan fingerprint density at radius 2 is 1.86 bits per heavy atom. The van der Waals surface area contributed by atoms with E-state index in [0.29, 0.717) is 28.2 Å². The summed E-state index contributed by atoms with van der Waals surface area (Å²) in [4.78, 5) is 0. The average Bonchev–Trinajstić information content (AvgIpc) is 3.38. The van der Waals surface area contributed by atoms with E-state index < -0.39 is 0 Å². The number of aryl methyl sites for hydroxylation is 1. The highest BCUT2D eigenvalue weighted by Gasteiger charge is 2.15. The van der Waals surface area contributed by atoms with Crippen LogP contribution in [0.15, 0.2) is 77.3 Å². The molecular formula is C24H16N4O. The van der Waals surface area contributed by atoms with Gasteiger partial charge in [-0.3, -0.25) is 0 Å². The van der Waals surface area contributed by atoms with Crippen molar-refractivity contribution in [2.24, 2.45) is 0 Å². The van der Waals surface area contributed by atoms with Crippen molar-refractivity contribution in [1.82, 2.24) is 9.78 Å². The fourth-order valence-corrected chi connectivity index (χ4v) is 3.05. The van der Waals surface area contributed by atoms with Crippen molar-refractivity contribution in [2.45, 2.75) is 6.92 Å². The van der Waals surface area contributed by atoms with Crippen molar-refractivity contribution >= 4 is 11.6 Å². The molecule has 0 aliphatic rings. The number of para-hydroxylation sites is 1. The Balaban J connectivity index is 1.87. The predicted molar refractivity (Wildman–Crippen MR) is 111 cm³/mol. The third-order valence-electron chi connectivity index (χ3n) is 4.46. The maximum absolute atomic E-state index is 9.74. The first-order valence-electron chi connectivity index (χ1n) is 9.02. The summed E-state index contributed by atoms with van der Waals surface area (Å²) < 4.78 is 7.55. The zero-order chi connectivity index (χ0) is 20.2. The van der Waals surface area contributed by atoms with Gasteiger partial charge in [-0.05, 0) is 55.0 Å². The first kappa shape index (κ1) is 18.0. The lowest BCUT2D eigenvalue weighted by Crippen LogP contribution is -1.93. The molecule has 0 unspecified atom stereocenters. The van der Waals surface area contributed by atoms with Crippen LogP contribution in [0.3, 0.4) is 0 Å². The molecule has 0 atom stereocenters. The quantitative estimate of drug-likeness (QED) is 0.448. The molecule has 138 valence electrons. The van der Waals surface area contributed by atoms with Gasteiger partial charge in [-0.1, -0.05) is 30.3 Å². The largest absolute Gasteiger partial charge is 0.460 e. The van der Waals surface area contributed by atoms with Gasteiger partial charge in [-0.25, -0.2) is 4.68 Å². The smallest absolute Gasteiger partial charge is 0.155 e. The van der Waals surface area contributed by atoms with E-state index in [-0.39, 0.29) is 0 Å². The maximum atomic E-state index is 9.74. The highest BCUT2D eigenvalue weighted by atomic mass is 16.3. The highest BCUT2D eigenvalue weighted by Crippen LogP contribution is 2.29. The van der Waals surface area contributed by atoms with Crippen molar-refractivity contribution in [3.8, 4) is 29.3 Å². The molecule has 0 saturated heterocycles.